The monoisotopic (exact) mass is 407 g/mol. The number of rotatable bonds is 8. The van der Waals surface area contributed by atoms with Gasteiger partial charge < -0.3 is 24.3 Å². The summed E-state index contributed by atoms with van der Waals surface area (Å²) in [6.07, 6.45) is 0.703. The summed E-state index contributed by atoms with van der Waals surface area (Å²) in [6, 6.07) is 3.63. The fourth-order valence-electron chi connectivity index (χ4n) is 2.79. The fourth-order valence-corrected chi connectivity index (χ4v) is 3.85. The molecule has 0 atom stereocenters. The second kappa shape index (κ2) is 9.45. The van der Waals surface area contributed by atoms with Crippen LogP contribution in [0.2, 0.25) is 0 Å². The predicted octanol–water partition coefficient (Wildman–Crippen LogP) is 3.75. The van der Waals surface area contributed by atoms with Gasteiger partial charge in [0.25, 0.3) is 0 Å². The maximum absolute atomic E-state index is 12.5. The van der Waals surface area contributed by atoms with Gasteiger partial charge in [-0.15, -0.1) is 11.3 Å². The number of thiophene rings is 1. The summed E-state index contributed by atoms with van der Waals surface area (Å²) in [5, 5.41) is 3.34. The van der Waals surface area contributed by atoms with Crippen molar-refractivity contribution in [3.05, 3.63) is 33.7 Å². The van der Waals surface area contributed by atoms with Crippen LogP contribution in [0, 0.1) is 13.8 Å². The topological polar surface area (TPSA) is 83.1 Å². The molecule has 0 bridgehead atoms. The fraction of sp³-hybridized carbons (Fsp3) is 0.400. The van der Waals surface area contributed by atoms with E-state index in [2.05, 4.69) is 5.32 Å². The van der Waals surface area contributed by atoms with Crippen molar-refractivity contribution in [3.8, 4) is 17.2 Å². The number of methoxy groups -OCH3 is 4. The zero-order chi connectivity index (χ0) is 20.8. The molecule has 0 spiro atoms. The van der Waals surface area contributed by atoms with Gasteiger partial charge >= 0.3 is 5.97 Å². The number of carbonyl (C=O) groups is 2. The highest BCUT2D eigenvalue weighted by Crippen LogP contribution is 2.38. The van der Waals surface area contributed by atoms with Gasteiger partial charge in [-0.25, -0.2) is 4.79 Å². The molecule has 0 aliphatic carbocycles. The van der Waals surface area contributed by atoms with E-state index in [0.717, 1.165) is 16.0 Å². The van der Waals surface area contributed by atoms with Crippen molar-refractivity contribution in [2.45, 2.75) is 26.7 Å². The Labute approximate surface area is 168 Å². The van der Waals surface area contributed by atoms with E-state index in [1.165, 1.54) is 25.6 Å². The van der Waals surface area contributed by atoms with Gasteiger partial charge in [0.1, 0.15) is 5.00 Å². The number of ether oxygens (including phenoxy) is 4. The zero-order valence-electron chi connectivity index (χ0n) is 16.9. The van der Waals surface area contributed by atoms with Crippen LogP contribution in [-0.4, -0.2) is 40.3 Å². The third kappa shape index (κ3) is 4.56. The number of amides is 1. The van der Waals surface area contributed by atoms with Gasteiger partial charge in [0.2, 0.25) is 11.7 Å². The Kier molecular flexibility index (Phi) is 7.28. The maximum Gasteiger partial charge on any atom is 0.341 e. The van der Waals surface area contributed by atoms with Crippen molar-refractivity contribution >= 4 is 28.2 Å². The van der Waals surface area contributed by atoms with Gasteiger partial charge in [-0.1, -0.05) is 0 Å². The molecule has 0 saturated carbocycles. The summed E-state index contributed by atoms with van der Waals surface area (Å²) >= 11 is 1.36. The van der Waals surface area contributed by atoms with Crippen molar-refractivity contribution < 1.29 is 28.5 Å². The lowest BCUT2D eigenvalue weighted by molar-refractivity contribution is -0.116. The number of aryl methyl sites for hydroxylation is 2. The first kappa shape index (κ1) is 21.6. The van der Waals surface area contributed by atoms with E-state index < -0.39 is 5.97 Å². The summed E-state index contributed by atoms with van der Waals surface area (Å²) in [5.74, 6) is 0.928. The molecule has 1 aromatic heterocycles. The Hall–Kier alpha value is -2.74. The first-order valence-corrected chi connectivity index (χ1v) is 9.44. The Bertz CT molecular complexity index is 849. The first-order chi connectivity index (χ1) is 13.4. The van der Waals surface area contributed by atoms with Crippen LogP contribution in [0.25, 0.3) is 0 Å². The van der Waals surface area contributed by atoms with Crippen LogP contribution in [0.15, 0.2) is 12.1 Å². The highest BCUT2D eigenvalue weighted by molar-refractivity contribution is 7.16. The molecule has 0 fully saturated rings. The minimum Gasteiger partial charge on any atom is -0.493 e. The standard InChI is InChI=1S/C20H25NO6S/c1-11-12(2)28-19(17(11)20(23)27-6)21-16(22)8-7-13-9-14(24-3)18(26-5)15(10-13)25-4/h9-10H,7-8H2,1-6H3,(H,21,22). The quantitative estimate of drug-likeness (QED) is 0.671. The summed E-state index contributed by atoms with van der Waals surface area (Å²) in [7, 11) is 5.95. The largest absolute Gasteiger partial charge is 0.493 e. The molecule has 0 radical (unpaired) electrons. The Balaban J connectivity index is 2.14. The third-order valence-electron chi connectivity index (χ3n) is 4.39. The lowest BCUT2D eigenvalue weighted by Crippen LogP contribution is -2.14. The van der Waals surface area contributed by atoms with E-state index in [0.29, 0.717) is 34.2 Å². The molecule has 0 aliphatic heterocycles. The molecule has 8 heteroatoms. The van der Waals surface area contributed by atoms with E-state index in [1.807, 2.05) is 26.0 Å². The van der Waals surface area contributed by atoms with Gasteiger partial charge in [0, 0.05) is 11.3 Å². The zero-order valence-corrected chi connectivity index (χ0v) is 17.7. The van der Waals surface area contributed by atoms with Gasteiger partial charge in [0.15, 0.2) is 11.5 Å². The maximum atomic E-state index is 12.5. The second-order valence-corrected chi connectivity index (χ2v) is 7.29. The van der Waals surface area contributed by atoms with Crippen LogP contribution in [-0.2, 0) is 16.0 Å². The second-order valence-electron chi connectivity index (χ2n) is 6.06. The molecule has 0 unspecified atom stereocenters. The van der Waals surface area contributed by atoms with Crippen molar-refractivity contribution in [2.75, 3.05) is 33.8 Å². The molecule has 2 rings (SSSR count). The minimum absolute atomic E-state index is 0.194. The average molecular weight is 407 g/mol. The molecule has 1 heterocycles. The molecule has 1 N–H and O–H groups in total. The molecule has 0 aliphatic rings. The molecule has 7 nitrogen and oxygen atoms in total. The molecule has 0 saturated heterocycles. The van der Waals surface area contributed by atoms with Crippen LogP contribution in [0.5, 0.6) is 17.2 Å². The van der Waals surface area contributed by atoms with Gasteiger partial charge in [-0.2, -0.15) is 0 Å². The van der Waals surface area contributed by atoms with E-state index in [9.17, 15) is 9.59 Å². The summed E-state index contributed by atoms with van der Waals surface area (Å²) in [4.78, 5) is 25.4. The first-order valence-electron chi connectivity index (χ1n) is 8.63. The van der Waals surface area contributed by atoms with Crippen LogP contribution in [0.3, 0.4) is 0 Å². The molecule has 1 amide bonds. The summed E-state index contributed by atoms with van der Waals surface area (Å²) in [5.41, 5.74) is 2.10. The number of esters is 1. The number of carbonyl (C=O) groups excluding carboxylic acids is 2. The number of hydrogen-bond acceptors (Lipinski definition) is 7. The normalized spacial score (nSPS) is 10.4. The lowest BCUT2D eigenvalue weighted by Gasteiger charge is -2.14. The smallest absolute Gasteiger partial charge is 0.341 e. The third-order valence-corrected chi connectivity index (χ3v) is 5.52. The minimum atomic E-state index is -0.457. The molecule has 152 valence electrons. The van der Waals surface area contributed by atoms with E-state index >= 15 is 0 Å². The number of benzene rings is 1. The van der Waals surface area contributed by atoms with E-state index in [-0.39, 0.29) is 12.3 Å². The van der Waals surface area contributed by atoms with Crippen LogP contribution in [0.1, 0.15) is 32.8 Å². The van der Waals surface area contributed by atoms with Crippen LogP contribution >= 0.6 is 11.3 Å². The Morgan fingerprint density at radius 1 is 1.00 bits per heavy atom. The molecule has 1 aromatic carbocycles. The molecular weight excluding hydrogens is 382 g/mol. The highest BCUT2D eigenvalue weighted by atomic mass is 32.1. The van der Waals surface area contributed by atoms with Crippen molar-refractivity contribution in [3.63, 3.8) is 0 Å². The van der Waals surface area contributed by atoms with Crippen molar-refractivity contribution in [2.24, 2.45) is 0 Å². The SMILES string of the molecule is COC(=O)c1c(NC(=O)CCc2cc(OC)c(OC)c(OC)c2)sc(C)c1C. The van der Waals surface area contributed by atoms with Crippen molar-refractivity contribution in [1.82, 2.24) is 0 Å². The number of nitrogens with one attached hydrogen (secondary N) is 1. The Morgan fingerprint density at radius 2 is 1.61 bits per heavy atom. The van der Waals surface area contributed by atoms with E-state index in [1.54, 1.807) is 14.2 Å². The Morgan fingerprint density at radius 3 is 2.11 bits per heavy atom. The molecular formula is C20H25NO6S. The predicted molar refractivity (Wildman–Crippen MR) is 108 cm³/mol. The lowest BCUT2D eigenvalue weighted by atomic mass is 10.1. The van der Waals surface area contributed by atoms with Gasteiger partial charge in [0.05, 0.1) is 34.0 Å². The van der Waals surface area contributed by atoms with Gasteiger partial charge in [-0.05, 0) is 43.5 Å². The van der Waals surface area contributed by atoms with Gasteiger partial charge in [-0.3, -0.25) is 4.79 Å². The van der Waals surface area contributed by atoms with Crippen LogP contribution < -0.4 is 19.5 Å². The highest BCUT2D eigenvalue weighted by Gasteiger charge is 2.21. The molecule has 2 aromatic rings. The number of anilines is 1. The van der Waals surface area contributed by atoms with E-state index in [4.69, 9.17) is 18.9 Å². The summed E-state index contributed by atoms with van der Waals surface area (Å²) < 4.78 is 20.8. The van der Waals surface area contributed by atoms with Crippen LogP contribution in [0.4, 0.5) is 5.00 Å². The number of hydrogen-bond donors (Lipinski definition) is 1. The van der Waals surface area contributed by atoms with Crippen molar-refractivity contribution in [1.29, 1.82) is 0 Å². The summed E-state index contributed by atoms with van der Waals surface area (Å²) in [6.45, 7) is 3.74. The molecule has 28 heavy (non-hydrogen) atoms. The average Bonchev–Trinajstić information content (AvgIpc) is 2.97.